The lowest BCUT2D eigenvalue weighted by Gasteiger charge is -2.07. The number of aliphatic carboxylic acids is 1. The molecule has 0 radical (unpaired) electrons. The van der Waals surface area contributed by atoms with Crippen molar-refractivity contribution in [3.63, 3.8) is 0 Å². The van der Waals surface area contributed by atoms with Crippen LogP contribution < -0.4 is 10.1 Å². The largest absolute Gasteiger partial charge is 0.494 e. The molecule has 0 aliphatic heterocycles. The molecule has 2 N–H and O–H groups in total. The standard InChI is InChI=1S/C14H19NO4S/c1-2-7-19-12-5-3-4-11(9-12)14(18)15-6-8-20-10-13(16)17/h3-5,9H,2,6-8,10H2,1H3,(H,15,18)(H,16,17). The van der Waals surface area contributed by atoms with Crippen LogP contribution in [0.4, 0.5) is 0 Å². The van der Waals surface area contributed by atoms with Gasteiger partial charge in [-0.3, -0.25) is 9.59 Å². The van der Waals surface area contributed by atoms with Gasteiger partial charge in [-0.2, -0.15) is 0 Å². The number of thioether (sulfide) groups is 1. The summed E-state index contributed by atoms with van der Waals surface area (Å²) in [5, 5.41) is 11.2. The first-order valence-electron chi connectivity index (χ1n) is 6.44. The van der Waals surface area contributed by atoms with Gasteiger partial charge in [0.15, 0.2) is 0 Å². The van der Waals surface area contributed by atoms with E-state index in [1.165, 1.54) is 11.8 Å². The molecule has 0 bridgehead atoms. The lowest BCUT2D eigenvalue weighted by atomic mass is 10.2. The van der Waals surface area contributed by atoms with Crippen molar-refractivity contribution in [2.24, 2.45) is 0 Å². The Balaban J connectivity index is 2.37. The molecule has 1 amide bonds. The normalized spacial score (nSPS) is 10.1. The molecular formula is C14H19NO4S. The third-order valence-electron chi connectivity index (χ3n) is 2.33. The fourth-order valence-corrected chi connectivity index (χ4v) is 2.01. The molecule has 0 spiro atoms. The molecule has 0 unspecified atom stereocenters. The highest BCUT2D eigenvalue weighted by Crippen LogP contribution is 2.13. The Kier molecular flexibility index (Phi) is 7.57. The number of carbonyl (C=O) groups is 2. The second-order valence-electron chi connectivity index (χ2n) is 4.08. The molecule has 0 atom stereocenters. The molecule has 0 saturated heterocycles. The Bertz CT molecular complexity index is 451. The summed E-state index contributed by atoms with van der Waals surface area (Å²) < 4.78 is 5.47. The monoisotopic (exact) mass is 297 g/mol. The summed E-state index contributed by atoms with van der Waals surface area (Å²) >= 11 is 1.27. The first-order valence-corrected chi connectivity index (χ1v) is 7.59. The molecule has 20 heavy (non-hydrogen) atoms. The zero-order chi connectivity index (χ0) is 14.8. The Labute approximate surface area is 122 Å². The minimum atomic E-state index is -0.845. The van der Waals surface area contributed by atoms with E-state index >= 15 is 0 Å². The number of carboxylic acids is 1. The number of hydrogen-bond acceptors (Lipinski definition) is 4. The summed E-state index contributed by atoms with van der Waals surface area (Å²) in [7, 11) is 0. The Hall–Kier alpha value is -1.69. The van der Waals surface area contributed by atoms with Gasteiger partial charge in [0, 0.05) is 17.9 Å². The molecule has 0 fully saturated rings. The summed E-state index contributed by atoms with van der Waals surface area (Å²) in [5.41, 5.74) is 0.543. The molecule has 1 aromatic rings. The Morgan fingerprint density at radius 1 is 1.40 bits per heavy atom. The average molecular weight is 297 g/mol. The molecule has 110 valence electrons. The third kappa shape index (κ3) is 6.47. The van der Waals surface area contributed by atoms with Crippen LogP contribution >= 0.6 is 11.8 Å². The van der Waals surface area contributed by atoms with Crippen LogP contribution in [0.5, 0.6) is 5.75 Å². The molecule has 0 aliphatic rings. The lowest BCUT2D eigenvalue weighted by Crippen LogP contribution is -2.26. The number of rotatable bonds is 9. The van der Waals surface area contributed by atoms with Crippen LogP contribution in [0.15, 0.2) is 24.3 Å². The fraction of sp³-hybridized carbons (Fsp3) is 0.429. The van der Waals surface area contributed by atoms with Gasteiger partial charge in [0.1, 0.15) is 5.75 Å². The summed E-state index contributed by atoms with van der Waals surface area (Å²) in [5.74, 6) is 0.282. The maximum Gasteiger partial charge on any atom is 0.313 e. The SMILES string of the molecule is CCCOc1cccc(C(=O)NCCSCC(=O)O)c1. The number of carbonyl (C=O) groups excluding carboxylic acids is 1. The van der Waals surface area contributed by atoms with E-state index in [9.17, 15) is 9.59 Å². The third-order valence-corrected chi connectivity index (χ3v) is 3.27. The van der Waals surface area contributed by atoms with Crippen LogP contribution in [0.3, 0.4) is 0 Å². The van der Waals surface area contributed by atoms with Crippen molar-refractivity contribution in [3.05, 3.63) is 29.8 Å². The first-order chi connectivity index (χ1) is 9.63. The van der Waals surface area contributed by atoms with E-state index in [2.05, 4.69) is 5.32 Å². The van der Waals surface area contributed by atoms with E-state index in [-0.39, 0.29) is 11.7 Å². The predicted molar refractivity (Wildman–Crippen MR) is 79.5 cm³/mol. The van der Waals surface area contributed by atoms with Crippen LogP contribution in [0.25, 0.3) is 0 Å². The highest BCUT2D eigenvalue weighted by Gasteiger charge is 2.06. The van der Waals surface area contributed by atoms with Crippen LogP contribution in [0.1, 0.15) is 23.7 Å². The minimum Gasteiger partial charge on any atom is -0.494 e. The van der Waals surface area contributed by atoms with Crippen LogP contribution in [-0.4, -0.2) is 41.6 Å². The van der Waals surface area contributed by atoms with E-state index in [1.807, 2.05) is 13.0 Å². The highest BCUT2D eigenvalue weighted by molar-refractivity contribution is 7.99. The van der Waals surface area contributed by atoms with Gasteiger partial charge < -0.3 is 15.2 Å². The van der Waals surface area contributed by atoms with E-state index in [0.29, 0.717) is 30.2 Å². The topological polar surface area (TPSA) is 75.6 Å². The average Bonchev–Trinajstić information content (AvgIpc) is 2.44. The van der Waals surface area contributed by atoms with E-state index in [0.717, 1.165) is 6.42 Å². The number of carboxylic acid groups (broad SMARTS) is 1. The molecule has 0 saturated carbocycles. The molecule has 0 aliphatic carbocycles. The first kappa shape index (κ1) is 16.4. The van der Waals surface area contributed by atoms with Crippen molar-refractivity contribution in [2.75, 3.05) is 24.7 Å². The van der Waals surface area contributed by atoms with Crippen molar-refractivity contribution in [3.8, 4) is 5.75 Å². The van der Waals surface area contributed by atoms with E-state index in [1.54, 1.807) is 18.2 Å². The molecule has 1 aromatic carbocycles. The van der Waals surface area contributed by atoms with Gasteiger partial charge in [0.25, 0.3) is 5.91 Å². The molecule has 5 nitrogen and oxygen atoms in total. The Morgan fingerprint density at radius 3 is 2.90 bits per heavy atom. The quantitative estimate of drug-likeness (QED) is 0.682. The molecule has 1 rings (SSSR count). The summed E-state index contributed by atoms with van der Waals surface area (Å²) in [6.45, 7) is 3.08. The van der Waals surface area contributed by atoms with Gasteiger partial charge in [-0.25, -0.2) is 0 Å². The van der Waals surface area contributed by atoms with Crippen molar-refractivity contribution in [1.29, 1.82) is 0 Å². The predicted octanol–water partition coefficient (Wildman–Crippen LogP) is 2.02. The number of nitrogens with one attached hydrogen (secondary N) is 1. The Morgan fingerprint density at radius 2 is 2.20 bits per heavy atom. The second-order valence-corrected chi connectivity index (χ2v) is 5.18. The zero-order valence-electron chi connectivity index (χ0n) is 11.4. The van der Waals surface area contributed by atoms with Gasteiger partial charge in [0.2, 0.25) is 0 Å². The van der Waals surface area contributed by atoms with Crippen LogP contribution in [0.2, 0.25) is 0 Å². The van der Waals surface area contributed by atoms with Crippen molar-refractivity contribution in [1.82, 2.24) is 5.32 Å². The zero-order valence-corrected chi connectivity index (χ0v) is 12.2. The summed E-state index contributed by atoms with van der Waals surface area (Å²) in [6.07, 6.45) is 0.914. The van der Waals surface area contributed by atoms with Crippen molar-refractivity contribution >= 4 is 23.6 Å². The summed E-state index contributed by atoms with van der Waals surface area (Å²) in [6, 6.07) is 7.02. The van der Waals surface area contributed by atoms with Crippen molar-refractivity contribution in [2.45, 2.75) is 13.3 Å². The van der Waals surface area contributed by atoms with Gasteiger partial charge >= 0.3 is 5.97 Å². The van der Waals surface area contributed by atoms with E-state index < -0.39 is 5.97 Å². The van der Waals surface area contributed by atoms with Gasteiger partial charge in [-0.1, -0.05) is 13.0 Å². The smallest absolute Gasteiger partial charge is 0.313 e. The second kappa shape index (κ2) is 9.25. The molecular weight excluding hydrogens is 278 g/mol. The number of amides is 1. The molecule has 0 aromatic heterocycles. The van der Waals surface area contributed by atoms with Crippen LogP contribution in [0, 0.1) is 0 Å². The fourth-order valence-electron chi connectivity index (χ4n) is 1.45. The maximum atomic E-state index is 11.9. The van der Waals surface area contributed by atoms with Gasteiger partial charge in [0.05, 0.1) is 12.4 Å². The molecule has 6 heteroatoms. The van der Waals surface area contributed by atoms with Gasteiger partial charge in [-0.05, 0) is 24.6 Å². The van der Waals surface area contributed by atoms with Crippen molar-refractivity contribution < 1.29 is 19.4 Å². The van der Waals surface area contributed by atoms with E-state index in [4.69, 9.17) is 9.84 Å². The number of hydrogen-bond donors (Lipinski definition) is 2. The number of benzene rings is 1. The molecule has 0 heterocycles. The minimum absolute atomic E-state index is 0.0518. The summed E-state index contributed by atoms with van der Waals surface area (Å²) in [4.78, 5) is 22.2. The number of ether oxygens (including phenoxy) is 1. The lowest BCUT2D eigenvalue weighted by molar-refractivity contribution is -0.133. The van der Waals surface area contributed by atoms with Crippen LogP contribution in [-0.2, 0) is 4.79 Å². The maximum absolute atomic E-state index is 11.9. The van der Waals surface area contributed by atoms with Gasteiger partial charge in [-0.15, -0.1) is 11.8 Å². The highest BCUT2D eigenvalue weighted by atomic mass is 32.2.